The Bertz CT molecular complexity index is 317. The van der Waals surface area contributed by atoms with Gasteiger partial charge in [0.2, 0.25) is 0 Å². The molecule has 4 nitrogen and oxygen atoms in total. The van der Waals surface area contributed by atoms with Crippen LogP contribution in [0.15, 0.2) is 12.4 Å². The molecule has 1 atom stereocenters. The average Bonchev–Trinajstić information content (AvgIpc) is 2.76. The van der Waals surface area contributed by atoms with Gasteiger partial charge in [-0.3, -0.25) is 4.57 Å². The molecule has 0 fully saturated rings. The zero-order valence-corrected chi connectivity index (χ0v) is 9.94. The Morgan fingerprint density at radius 1 is 1.53 bits per heavy atom. The number of aliphatic hydroxyl groups is 1. The average molecular weight is 247 g/mol. The van der Waals surface area contributed by atoms with Crippen molar-refractivity contribution in [3.63, 3.8) is 0 Å². The van der Waals surface area contributed by atoms with E-state index in [9.17, 15) is 8.78 Å². The molecule has 0 amide bonds. The summed E-state index contributed by atoms with van der Waals surface area (Å²) in [5.41, 5.74) is 0. The molecule has 17 heavy (non-hydrogen) atoms. The Kier molecular flexibility index (Phi) is 6.07. The van der Waals surface area contributed by atoms with Crippen molar-refractivity contribution in [1.29, 1.82) is 0 Å². The van der Waals surface area contributed by atoms with Gasteiger partial charge in [0.25, 0.3) is 0 Å². The lowest BCUT2D eigenvalue weighted by Crippen LogP contribution is -2.24. The van der Waals surface area contributed by atoms with Gasteiger partial charge in [-0.1, -0.05) is 13.3 Å². The molecule has 6 heteroatoms. The van der Waals surface area contributed by atoms with E-state index < -0.39 is 6.55 Å². The molecular weight excluding hydrogens is 228 g/mol. The summed E-state index contributed by atoms with van der Waals surface area (Å²) in [5, 5.41) is 11.9. The Morgan fingerprint density at radius 3 is 2.88 bits per heavy atom. The van der Waals surface area contributed by atoms with Gasteiger partial charge in [0.1, 0.15) is 5.82 Å². The van der Waals surface area contributed by atoms with Crippen LogP contribution in [0.3, 0.4) is 0 Å². The Balaban J connectivity index is 2.37. The van der Waals surface area contributed by atoms with Crippen LogP contribution in [0.4, 0.5) is 8.78 Å². The van der Waals surface area contributed by atoms with E-state index >= 15 is 0 Å². The molecule has 0 spiro atoms. The summed E-state index contributed by atoms with van der Waals surface area (Å²) in [6.07, 6.45) is 4.32. The Morgan fingerprint density at radius 2 is 2.29 bits per heavy atom. The third kappa shape index (κ3) is 4.40. The normalized spacial score (nSPS) is 13.2. The maximum absolute atomic E-state index is 12.5. The van der Waals surface area contributed by atoms with Gasteiger partial charge in [-0.15, -0.1) is 0 Å². The maximum atomic E-state index is 12.5. The lowest BCUT2D eigenvalue weighted by atomic mass is 10.0. The number of alkyl halides is 2. The SMILES string of the molecule is CCC(CCO)CNCc1nccn1C(F)F. The fourth-order valence-electron chi connectivity index (χ4n) is 1.68. The monoisotopic (exact) mass is 247 g/mol. The molecule has 0 bridgehead atoms. The van der Waals surface area contributed by atoms with Crippen molar-refractivity contribution in [3.05, 3.63) is 18.2 Å². The third-order valence-corrected chi connectivity index (χ3v) is 2.79. The lowest BCUT2D eigenvalue weighted by Gasteiger charge is -2.14. The summed E-state index contributed by atoms with van der Waals surface area (Å²) < 4.78 is 25.8. The molecule has 1 aromatic heterocycles. The molecule has 0 saturated heterocycles. The van der Waals surface area contributed by atoms with Crippen LogP contribution in [0.1, 0.15) is 32.1 Å². The summed E-state index contributed by atoms with van der Waals surface area (Å²) in [7, 11) is 0. The van der Waals surface area contributed by atoms with E-state index in [1.54, 1.807) is 0 Å². The van der Waals surface area contributed by atoms with E-state index in [4.69, 9.17) is 5.11 Å². The first-order valence-corrected chi connectivity index (χ1v) is 5.80. The predicted octanol–water partition coefficient (Wildman–Crippen LogP) is 1.78. The molecule has 0 aliphatic heterocycles. The summed E-state index contributed by atoms with van der Waals surface area (Å²) in [5.74, 6) is 0.703. The van der Waals surface area contributed by atoms with Gasteiger partial charge >= 0.3 is 6.55 Å². The summed E-state index contributed by atoms with van der Waals surface area (Å²) >= 11 is 0. The summed E-state index contributed by atoms with van der Waals surface area (Å²) in [4.78, 5) is 3.88. The highest BCUT2D eigenvalue weighted by molar-refractivity contribution is 4.92. The van der Waals surface area contributed by atoms with Crippen molar-refractivity contribution in [2.45, 2.75) is 32.9 Å². The molecule has 1 rings (SSSR count). The van der Waals surface area contributed by atoms with E-state index in [1.165, 1.54) is 12.4 Å². The first-order chi connectivity index (χ1) is 8.19. The van der Waals surface area contributed by atoms with Crippen LogP contribution in [-0.2, 0) is 6.54 Å². The summed E-state index contributed by atoms with van der Waals surface area (Å²) in [6.45, 7) is 0.675. The van der Waals surface area contributed by atoms with Crippen molar-refractivity contribution in [3.8, 4) is 0 Å². The number of aromatic nitrogens is 2. The van der Waals surface area contributed by atoms with E-state index in [1.807, 2.05) is 6.92 Å². The van der Waals surface area contributed by atoms with E-state index in [2.05, 4.69) is 10.3 Å². The smallest absolute Gasteiger partial charge is 0.319 e. The van der Waals surface area contributed by atoms with Crippen molar-refractivity contribution >= 4 is 0 Å². The quantitative estimate of drug-likeness (QED) is 0.736. The van der Waals surface area contributed by atoms with Crippen molar-refractivity contribution in [2.75, 3.05) is 13.2 Å². The minimum Gasteiger partial charge on any atom is -0.396 e. The second kappa shape index (κ2) is 7.34. The van der Waals surface area contributed by atoms with Crippen molar-refractivity contribution in [2.24, 2.45) is 5.92 Å². The molecule has 1 unspecified atom stereocenters. The number of nitrogens with one attached hydrogen (secondary N) is 1. The van der Waals surface area contributed by atoms with Crippen LogP contribution >= 0.6 is 0 Å². The van der Waals surface area contributed by atoms with Crippen LogP contribution < -0.4 is 5.32 Å². The molecule has 0 radical (unpaired) electrons. The number of imidazole rings is 1. The van der Waals surface area contributed by atoms with Crippen LogP contribution in [-0.4, -0.2) is 27.8 Å². The first kappa shape index (κ1) is 14.1. The van der Waals surface area contributed by atoms with Gasteiger partial charge < -0.3 is 10.4 Å². The fourth-order valence-corrected chi connectivity index (χ4v) is 1.68. The first-order valence-electron chi connectivity index (χ1n) is 5.80. The second-order valence-corrected chi connectivity index (χ2v) is 3.95. The lowest BCUT2D eigenvalue weighted by molar-refractivity contribution is 0.0665. The number of halogens is 2. The van der Waals surface area contributed by atoms with Gasteiger partial charge in [-0.05, 0) is 18.9 Å². The van der Waals surface area contributed by atoms with Crippen LogP contribution in [0.2, 0.25) is 0 Å². The molecule has 98 valence electrons. The van der Waals surface area contributed by atoms with Crippen molar-refractivity contribution < 1.29 is 13.9 Å². The standard InChI is InChI=1S/C11H19F2N3O/c1-2-9(3-6-17)7-14-8-10-15-4-5-16(10)11(12)13/h4-5,9,11,14,17H,2-3,6-8H2,1H3. The molecule has 0 aliphatic rings. The number of hydrogen-bond donors (Lipinski definition) is 2. The van der Waals surface area contributed by atoms with Crippen LogP contribution in [0.5, 0.6) is 0 Å². The highest BCUT2D eigenvalue weighted by Crippen LogP contribution is 2.12. The molecule has 0 aromatic carbocycles. The summed E-state index contributed by atoms with van der Waals surface area (Å²) in [6, 6.07) is 0. The minimum absolute atomic E-state index is 0.159. The zero-order valence-electron chi connectivity index (χ0n) is 9.94. The molecule has 2 N–H and O–H groups in total. The number of nitrogens with zero attached hydrogens (tertiary/aromatic N) is 2. The molecule has 1 heterocycles. The van der Waals surface area contributed by atoms with E-state index in [0.717, 1.165) is 17.4 Å². The van der Waals surface area contributed by atoms with Gasteiger partial charge in [0.15, 0.2) is 0 Å². The van der Waals surface area contributed by atoms with Gasteiger partial charge in [0.05, 0.1) is 6.54 Å². The zero-order chi connectivity index (χ0) is 12.7. The second-order valence-electron chi connectivity index (χ2n) is 3.95. The third-order valence-electron chi connectivity index (χ3n) is 2.79. The topological polar surface area (TPSA) is 50.1 Å². The number of hydrogen-bond acceptors (Lipinski definition) is 3. The van der Waals surface area contributed by atoms with Crippen molar-refractivity contribution in [1.82, 2.24) is 14.9 Å². The molecule has 1 aromatic rings. The predicted molar refractivity (Wildman–Crippen MR) is 60.7 cm³/mol. The number of aliphatic hydroxyl groups excluding tert-OH is 1. The largest absolute Gasteiger partial charge is 0.396 e. The molecular formula is C11H19F2N3O. The van der Waals surface area contributed by atoms with Crippen LogP contribution in [0.25, 0.3) is 0 Å². The Hall–Kier alpha value is -1.01. The van der Waals surface area contributed by atoms with Gasteiger partial charge in [0, 0.05) is 19.0 Å². The molecule has 0 saturated carbocycles. The van der Waals surface area contributed by atoms with E-state index in [-0.39, 0.29) is 6.61 Å². The number of rotatable bonds is 8. The molecule has 0 aliphatic carbocycles. The minimum atomic E-state index is -2.55. The fraction of sp³-hybridized carbons (Fsp3) is 0.727. The van der Waals surface area contributed by atoms with Gasteiger partial charge in [-0.2, -0.15) is 8.78 Å². The highest BCUT2D eigenvalue weighted by atomic mass is 19.3. The van der Waals surface area contributed by atoms with E-state index in [0.29, 0.717) is 24.8 Å². The Labute approximate surface area is 99.7 Å². The highest BCUT2D eigenvalue weighted by Gasteiger charge is 2.11. The van der Waals surface area contributed by atoms with Crippen LogP contribution in [0, 0.1) is 5.92 Å². The maximum Gasteiger partial charge on any atom is 0.319 e. The van der Waals surface area contributed by atoms with Gasteiger partial charge in [-0.25, -0.2) is 4.98 Å².